The molecular formula is C15H14N2O2. The van der Waals surface area contributed by atoms with Crippen LogP contribution < -0.4 is 0 Å². The van der Waals surface area contributed by atoms with Gasteiger partial charge in [0.1, 0.15) is 5.76 Å². The van der Waals surface area contributed by atoms with Crippen molar-refractivity contribution in [2.24, 2.45) is 0 Å². The van der Waals surface area contributed by atoms with Gasteiger partial charge in [0, 0.05) is 28.2 Å². The molecule has 2 heterocycles. The molecule has 0 N–H and O–H groups in total. The molecule has 3 aromatic rings. The van der Waals surface area contributed by atoms with Crippen LogP contribution in [0.1, 0.15) is 27.4 Å². The van der Waals surface area contributed by atoms with Gasteiger partial charge >= 0.3 is 0 Å². The van der Waals surface area contributed by atoms with Crippen LogP contribution in [0.4, 0.5) is 0 Å². The molecule has 0 bridgehead atoms. The standard InChI is InChI=1S/C15H14N2O2/c1-10-14(11(2)19-16-10)8-17-7-6-13-12(9-18)4-3-5-15(13)17/h3-7,9H,8H2,1-2H3. The maximum atomic E-state index is 11.0. The zero-order chi connectivity index (χ0) is 13.4. The van der Waals surface area contributed by atoms with E-state index in [0.717, 1.165) is 39.8 Å². The number of hydrogen-bond donors (Lipinski definition) is 0. The summed E-state index contributed by atoms with van der Waals surface area (Å²) >= 11 is 0. The zero-order valence-corrected chi connectivity index (χ0v) is 10.9. The van der Waals surface area contributed by atoms with E-state index < -0.39 is 0 Å². The molecule has 0 fully saturated rings. The van der Waals surface area contributed by atoms with Crippen LogP contribution in [0.2, 0.25) is 0 Å². The van der Waals surface area contributed by atoms with Gasteiger partial charge in [-0.3, -0.25) is 4.79 Å². The van der Waals surface area contributed by atoms with Gasteiger partial charge in [-0.2, -0.15) is 0 Å². The fourth-order valence-corrected chi connectivity index (χ4v) is 2.39. The number of aldehydes is 1. The van der Waals surface area contributed by atoms with Gasteiger partial charge in [0.15, 0.2) is 6.29 Å². The van der Waals surface area contributed by atoms with Crippen molar-refractivity contribution < 1.29 is 9.32 Å². The first-order valence-electron chi connectivity index (χ1n) is 6.15. The van der Waals surface area contributed by atoms with E-state index in [0.29, 0.717) is 6.54 Å². The summed E-state index contributed by atoms with van der Waals surface area (Å²) in [6, 6.07) is 7.71. The van der Waals surface area contributed by atoms with Gasteiger partial charge in [0.25, 0.3) is 0 Å². The summed E-state index contributed by atoms with van der Waals surface area (Å²) in [6.45, 7) is 4.55. The van der Waals surface area contributed by atoms with E-state index in [1.807, 2.05) is 44.3 Å². The lowest BCUT2D eigenvalue weighted by molar-refractivity contribution is 0.112. The second-order valence-electron chi connectivity index (χ2n) is 4.64. The van der Waals surface area contributed by atoms with E-state index in [4.69, 9.17) is 4.52 Å². The van der Waals surface area contributed by atoms with Crippen LogP contribution in [0, 0.1) is 13.8 Å². The maximum absolute atomic E-state index is 11.0. The van der Waals surface area contributed by atoms with Crippen molar-refractivity contribution in [3.8, 4) is 0 Å². The highest BCUT2D eigenvalue weighted by atomic mass is 16.5. The molecular weight excluding hydrogens is 240 g/mol. The number of hydrogen-bond acceptors (Lipinski definition) is 3. The average Bonchev–Trinajstić information content (AvgIpc) is 2.97. The molecule has 4 nitrogen and oxygen atoms in total. The quantitative estimate of drug-likeness (QED) is 0.675. The molecule has 0 aliphatic rings. The third-order valence-electron chi connectivity index (χ3n) is 3.48. The van der Waals surface area contributed by atoms with Crippen LogP contribution in [0.3, 0.4) is 0 Å². The van der Waals surface area contributed by atoms with Crippen LogP contribution in [0.25, 0.3) is 10.9 Å². The second kappa shape index (κ2) is 4.39. The fraction of sp³-hybridized carbons (Fsp3) is 0.200. The average molecular weight is 254 g/mol. The number of nitrogens with zero attached hydrogens (tertiary/aromatic N) is 2. The molecule has 0 saturated heterocycles. The highest BCUT2D eigenvalue weighted by Gasteiger charge is 2.11. The Balaban J connectivity index is 2.10. The highest BCUT2D eigenvalue weighted by molar-refractivity contribution is 5.97. The van der Waals surface area contributed by atoms with E-state index in [9.17, 15) is 4.79 Å². The number of aromatic nitrogens is 2. The van der Waals surface area contributed by atoms with E-state index in [-0.39, 0.29) is 0 Å². The van der Waals surface area contributed by atoms with E-state index in [1.165, 1.54) is 0 Å². The molecule has 0 saturated carbocycles. The predicted molar refractivity (Wildman–Crippen MR) is 72.4 cm³/mol. The molecule has 4 heteroatoms. The van der Waals surface area contributed by atoms with Crippen molar-refractivity contribution in [3.63, 3.8) is 0 Å². The molecule has 19 heavy (non-hydrogen) atoms. The van der Waals surface area contributed by atoms with Gasteiger partial charge in [-0.1, -0.05) is 17.3 Å². The Morgan fingerprint density at radius 2 is 2.16 bits per heavy atom. The summed E-state index contributed by atoms with van der Waals surface area (Å²) in [4.78, 5) is 11.0. The number of carbonyl (C=O) groups is 1. The minimum absolute atomic E-state index is 0.701. The molecule has 0 unspecified atom stereocenters. The molecule has 3 rings (SSSR count). The molecule has 0 spiro atoms. The van der Waals surface area contributed by atoms with Gasteiger partial charge in [-0.15, -0.1) is 0 Å². The first-order valence-corrected chi connectivity index (χ1v) is 6.15. The maximum Gasteiger partial charge on any atom is 0.150 e. The second-order valence-corrected chi connectivity index (χ2v) is 4.64. The number of rotatable bonds is 3. The predicted octanol–water partition coefficient (Wildman–Crippen LogP) is 3.11. The van der Waals surface area contributed by atoms with Crippen LogP contribution in [-0.2, 0) is 6.54 Å². The van der Waals surface area contributed by atoms with Crippen molar-refractivity contribution in [2.45, 2.75) is 20.4 Å². The van der Waals surface area contributed by atoms with Crippen molar-refractivity contribution in [1.82, 2.24) is 9.72 Å². The molecule has 96 valence electrons. The Bertz CT molecular complexity index is 733. The van der Waals surface area contributed by atoms with Gasteiger partial charge in [-0.05, 0) is 26.0 Å². The molecule has 0 amide bonds. The lowest BCUT2D eigenvalue weighted by atomic mass is 10.1. The molecule has 1 aromatic carbocycles. The summed E-state index contributed by atoms with van der Waals surface area (Å²) in [5.74, 6) is 0.839. The van der Waals surface area contributed by atoms with E-state index in [2.05, 4.69) is 9.72 Å². The molecule has 2 aromatic heterocycles. The Labute approximate surface area is 110 Å². The Hall–Kier alpha value is -2.36. The van der Waals surface area contributed by atoms with Gasteiger partial charge in [0.2, 0.25) is 0 Å². The minimum Gasteiger partial charge on any atom is -0.361 e. The molecule has 0 aliphatic carbocycles. The van der Waals surface area contributed by atoms with Crippen LogP contribution in [-0.4, -0.2) is 16.0 Å². The summed E-state index contributed by atoms with van der Waals surface area (Å²) in [5, 5.41) is 4.94. The topological polar surface area (TPSA) is 48.0 Å². The summed E-state index contributed by atoms with van der Waals surface area (Å²) < 4.78 is 7.29. The zero-order valence-electron chi connectivity index (χ0n) is 10.9. The normalized spacial score (nSPS) is 11.1. The fourth-order valence-electron chi connectivity index (χ4n) is 2.39. The van der Waals surface area contributed by atoms with Crippen molar-refractivity contribution in [3.05, 3.63) is 53.0 Å². The van der Waals surface area contributed by atoms with Crippen LogP contribution in [0.15, 0.2) is 35.0 Å². The number of carbonyl (C=O) groups excluding carboxylic acids is 1. The van der Waals surface area contributed by atoms with Gasteiger partial charge in [-0.25, -0.2) is 0 Å². The number of benzene rings is 1. The van der Waals surface area contributed by atoms with E-state index in [1.54, 1.807) is 0 Å². The SMILES string of the molecule is Cc1noc(C)c1Cn1ccc2c(C=O)cccc21. The summed E-state index contributed by atoms with van der Waals surface area (Å²) in [7, 11) is 0. The lowest BCUT2D eigenvalue weighted by Crippen LogP contribution is -2.00. The summed E-state index contributed by atoms with van der Waals surface area (Å²) in [5.41, 5.74) is 3.76. The minimum atomic E-state index is 0.701. The van der Waals surface area contributed by atoms with Gasteiger partial charge in [0.05, 0.1) is 12.2 Å². The Morgan fingerprint density at radius 3 is 2.84 bits per heavy atom. The molecule has 0 aliphatic heterocycles. The Morgan fingerprint density at radius 1 is 1.32 bits per heavy atom. The first kappa shape index (κ1) is 11.7. The first-order chi connectivity index (χ1) is 9.20. The number of aryl methyl sites for hydroxylation is 2. The van der Waals surface area contributed by atoms with Crippen molar-refractivity contribution in [2.75, 3.05) is 0 Å². The van der Waals surface area contributed by atoms with Crippen LogP contribution >= 0.6 is 0 Å². The van der Waals surface area contributed by atoms with Gasteiger partial charge < -0.3 is 9.09 Å². The molecule has 0 atom stereocenters. The largest absolute Gasteiger partial charge is 0.361 e. The summed E-state index contributed by atoms with van der Waals surface area (Å²) in [6.07, 6.45) is 2.88. The third-order valence-corrected chi connectivity index (χ3v) is 3.48. The lowest BCUT2D eigenvalue weighted by Gasteiger charge is -2.05. The molecule has 0 radical (unpaired) electrons. The monoisotopic (exact) mass is 254 g/mol. The highest BCUT2D eigenvalue weighted by Crippen LogP contribution is 2.22. The van der Waals surface area contributed by atoms with Crippen molar-refractivity contribution >= 4 is 17.2 Å². The van der Waals surface area contributed by atoms with Crippen LogP contribution in [0.5, 0.6) is 0 Å². The van der Waals surface area contributed by atoms with Crippen molar-refractivity contribution in [1.29, 1.82) is 0 Å². The number of fused-ring (bicyclic) bond motifs is 1. The smallest absolute Gasteiger partial charge is 0.150 e. The third kappa shape index (κ3) is 1.85. The van der Waals surface area contributed by atoms with E-state index >= 15 is 0 Å². The Kier molecular flexibility index (Phi) is 2.71.